The Bertz CT molecular complexity index is 860. The maximum absolute atomic E-state index is 12.8. The number of allylic oxidation sites excluding steroid dienone is 1. The van der Waals surface area contributed by atoms with Crippen molar-refractivity contribution in [2.45, 2.75) is 251 Å². The second-order valence-electron chi connectivity index (χ2n) is 16.0. The van der Waals surface area contributed by atoms with Crippen molar-refractivity contribution in [3.8, 4) is 0 Å². The summed E-state index contributed by atoms with van der Waals surface area (Å²) in [7, 11) is -4.33. The Morgan fingerprint density at radius 2 is 0.944 bits per heavy atom. The Morgan fingerprint density at radius 1 is 0.593 bits per heavy atom. The third kappa shape index (κ3) is 39.5. The molecule has 0 bridgehead atoms. The largest absolute Gasteiger partial charge is 0.472 e. The van der Waals surface area contributed by atoms with Crippen LogP contribution in [0.15, 0.2) is 12.2 Å². The van der Waals surface area contributed by atoms with Crippen LogP contribution < -0.4 is 11.1 Å². The van der Waals surface area contributed by atoms with Crippen LogP contribution in [0.4, 0.5) is 0 Å². The van der Waals surface area contributed by atoms with E-state index >= 15 is 0 Å². The molecule has 0 aliphatic carbocycles. The van der Waals surface area contributed by atoms with E-state index in [0.29, 0.717) is 6.42 Å². The SMILES string of the molecule is CCCCCCCCCCCC/C=C/C(O)C(COP(=O)(O)OCCN)NC(=O)CCCCCCCCCCCCCCCCCCCCCCCCC. The Kier molecular flexibility index (Phi) is 41.3. The zero-order chi connectivity index (χ0) is 39.6. The molecule has 0 aromatic carbocycles. The molecule has 0 saturated heterocycles. The molecule has 0 saturated carbocycles. The van der Waals surface area contributed by atoms with Crippen LogP contribution in [0.3, 0.4) is 0 Å². The maximum atomic E-state index is 12.8. The molecule has 0 aliphatic heterocycles. The Morgan fingerprint density at radius 3 is 1.31 bits per heavy atom. The Balaban J connectivity index is 4.02. The molecule has 0 aromatic heterocycles. The van der Waals surface area contributed by atoms with Gasteiger partial charge >= 0.3 is 7.82 Å². The second kappa shape index (κ2) is 41.9. The number of nitrogens with two attached hydrogens (primary N) is 1. The van der Waals surface area contributed by atoms with E-state index in [4.69, 9.17) is 14.8 Å². The molecular formula is C45H91N2O6P. The summed E-state index contributed by atoms with van der Waals surface area (Å²) in [6.45, 7) is 4.15. The molecule has 3 atom stereocenters. The van der Waals surface area contributed by atoms with Gasteiger partial charge in [-0.05, 0) is 19.3 Å². The minimum Gasteiger partial charge on any atom is -0.387 e. The highest BCUT2D eigenvalue weighted by Crippen LogP contribution is 2.43. The van der Waals surface area contributed by atoms with E-state index in [-0.39, 0.29) is 25.7 Å². The molecular weight excluding hydrogens is 695 g/mol. The predicted molar refractivity (Wildman–Crippen MR) is 231 cm³/mol. The first-order valence-electron chi connectivity index (χ1n) is 23.3. The molecule has 0 aliphatic rings. The summed E-state index contributed by atoms with van der Waals surface area (Å²) < 4.78 is 22.1. The summed E-state index contributed by atoms with van der Waals surface area (Å²) in [5.74, 6) is -0.190. The molecule has 0 aromatic rings. The molecule has 8 nitrogen and oxygen atoms in total. The monoisotopic (exact) mass is 787 g/mol. The van der Waals surface area contributed by atoms with Crippen LogP contribution in [0.1, 0.15) is 239 Å². The van der Waals surface area contributed by atoms with E-state index in [1.807, 2.05) is 6.08 Å². The smallest absolute Gasteiger partial charge is 0.387 e. The molecule has 0 rings (SSSR count). The average molecular weight is 787 g/mol. The summed E-state index contributed by atoms with van der Waals surface area (Å²) in [6, 6.07) is -0.854. The lowest BCUT2D eigenvalue weighted by Crippen LogP contribution is -2.45. The van der Waals surface area contributed by atoms with Gasteiger partial charge in [0.1, 0.15) is 0 Å². The Hall–Kier alpha value is -0.760. The average Bonchev–Trinajstić information content (AvgIpc) is 3.16. The van der Waals surface area contributed by atoms with E-state index < -0.39 is 20.0 Å². The minimum absolute atomic E-state index is 0.0813. The minimum atomic E-state index is -4.33. The van der Waals surface area contributed by atoms with Gasteiger partial charge in [0.2, 0.25) is 5.91 Å². The molecule has 322 valence electrons. The van der Waals surface area contributed by atoms with Crippen molar-refractivity contribution in [1.82, 2.24) is 5.32 Å². The summed E-state index contributed by atoms with van der Waals surface area (Å²) in [5, 5.41) is 13.7. The van der Waals surface area contributed by atoms with Crippen LogP contribution in [0.2, 0.25) is 0 Å². The molecule has 0 spiro atoms. The quantitative estimate of drug-likeness (QED) is 0.0275. The molecule has 1 amide bonds. The number of aliphatic hydroxyl groups is 1. The van der Waals surface area contributed by atoms with Gasteiger partial charge in [-0.15, -0.1) is 0 Å². The number of amides is 1. The zero-order valence-electron chi connectivity index (χ0n) is 35.7. The number of phosphoric ester groups is 1. The zero-order valence-corrected chi connectivity index (χ0v) is 36.6. The Labute approximate surface area is 335 Å². The predicted octanol–water partition coefficient (Wildman–Crippen LogP) is 13.2. The van der Waals surface area contributed by atoms with Crippen molar-refractivity contribution in [3.63, 3.8) is 0 Å². The summed E-state index contributed by atoms with van der Waals surface area (Å²) in [5.41, 5.74) is 5.37. The molecule has 9 heteroatoms. The van der Waals surface area contributed by atoms with E-state index in [0.717, 1.165) is 38.5 Å². The topological polar surface area (TPSA) is 131 Å². The van der Waals surface area contributed by atoms with Gasteiger partial charge in [-0.1, -0.05) is 225 Å². The molecule has 0 fully saturated rings. The summed E-state index contributed by atoms with van der Waals surface area (Å²) >= 11 is 0. The fourth-order valence-corrected chi connectivity index (χ4v) is 7.83. The van der Waals surface area contributed by atoms with Crippen molar-refractivity contribution in [2.75, 3.05) is 19.8 Å². The number of hydrogen-bond donors (Lipinski definition) is 4. The van der Waals surface area contributed by atoms with Crippen molar-refractivity contribution >= 4 is 13.7 Å². The second-order valence-corrected chi connectivity index (χ2v) is 17.4. The lowest BCUT2D eigenvalue weighted by atomic mass is 10.0. The number of hydrogen-bond acceptors (Lipinski definition) is 6. The molecule has 54 heavy (non-hydrogen) atoms. The third-order valence-corrected chi connectivity index (χ3v) is 11.6. The van der Waals surface area contributed by atoms with Crippen molar-refractivity contribution in [1.29, 1.82) is 0 Å². The first-order valence-corrected chi connectivity index (χ1v) is 24.8. The summed E-state index contributed by atoms with van der Waals surface area (Å²) in [4.78, 5) is 22.7. The number of unbranched alkanes of at least 4 members (excludes halogenated alkanes) is 32. The van der Waals surface area contributed by atoms with Gasteiger partial charge < -0.3 is 21.1 Å². The van der Waals surface area contributed by atoms with Crippen LogP contribution in [0.25, 0.3) is 0 Å². The molecule has 0 radical (unpaired) electrons. The van der Waals surface area contributed by atoms with Crippen molar-refractivity contribution in [3.05, 3.63) is 12.2 Å². The number of phosphoric acid groups is 1. The van der Waals surface area contributed by atoms with E-state index in [1.54, 1.807) is 6.08 Å². The van der Waals surface area contributed by atoms with Crippen molar-refractivity contribution < 1.29 is 28.4 Å². The highest BCUT2D eigenvalue weighted by atomic mass is 31.2. The van der Waals surface area contributed by atoms with E-state index in [1.165, 1.54) is 180 Å². The van der Waals surface area contributed by atoms with Gasteiger partial charge in [-0.2, -0.15) is 0 Å². The first-order chi connectivity index (χ1) is 26.4. The highest BCUT2D eigenvalue weighted by molar-refractivity contribution is 7.47. The fourth-order valence-electron chi connectivity index (χ4n) is 7.07. The number of carbonyl (C=O) groups is 1. The van der Waals surface area contributed by atoms with Gasteiger partial charge in [0, 0.05) is 13.0 Å². The number of rotatable bonds is 44. The van der Waals surface area contributed by atoms with Crippen LogP contribution >= 0.6 is 7.82 Å². The maximum Gasteiger partial charge on any atom is 0.472 e. The van der Waals surface area contributed by atoms with Crippen molar-refractivity contribution in [2.24, 2.45) is 5.73 Å². The van der Waals surface area contributed by atoms with Gasteiger partial charge in [0.05, 0.1) is 25.4 Å². The standard InChI is InChI=1S/C45H91N2O6P/c1-3-5-7-9-11-13-15-17-18-19-20-21-22-23-24-25-26-27-29-31-33-35-37-39-45(49)47-43(42-53-54(50,51)52-41-40-46)44(48)38-36-34-32-30-28-16-14-12-10-8-6-4-2/h36,38,43-44,48H,3-35,37,39-42,46H2,1-2H3,(H,47,49)(H,50,51)/b38-36+. The number of aliphatic hydroxyl groups excluding tert-OH is 1. The number of carbonyl (C=O) groups excluding carboxylic acids is 1. The molecule has 3 unspecified atom stereocenters. The molecule has 0 heterocycles. The lowest BCUT2D eigenvalue weighted by Gasteiger charge is -2.23. The van der Waals surface area contributed by atoms with Crippen LogP contribution in [0, 0.1) is 0 Å². The van der Waals surface area contributed by atoms with Crippen LogP contribution in [-0.4, -0.2) is 47.8 Å². The van der Waals surface area contributed by atoms with Gasteiger partial charge in [-0.25, -0.2) is 4.57 Å². The van der Waals surface area contributed by atoms with Gasteiger partial charge in [0.25, 0.3) is 0 Å². The summed E-state index contributed by atoms with van der Waals surface area (Å²) in [6.07, 6.45) is 47.0. The van der Waals surface area contributed by atoms with Crippen LogP contribution in [-0.2, 0) is 18.4 Å². The molecule has 5 N–H and O–H groups in total. The fraction of sp³-hybridized carbons (Fsp3) is 0.933. The highest BCUT2D eigenvalue weighted by Gasteiger charge is 2.26. The third-order valence-electron chi connectivity index (χ3n) is 10.6. The lowest BCUT2D eigenvalue weighted by molar-refractivity contribution is -0.123. The van der Waals surface area contributed by atoms with Gasteiger partial charge in [0.15, 0.2) is 0 Å². The first kappa shape index (κ1) is 53.2. The van der Waals surface area contributed by atoms with Crippen LogP contribution in [0.5, 0.6) is 0 Å². The normalized spacial score (nSPS) is 14.1. The number of nitrogens with one attached hydrogen (secondary N) is 1. The van der Waals surface area contributed by atoms with E-state index in [2.05, 4.69) is 19.2 Å². The van der Waals surface area contributed by atoms with Gasteiger partial charge in [-0.3, -0.25) is 13.8 Å². The van der Waals surface area contributed by atoms with E-state index in [9.17, 15) is 19.4 Å².